The molecule has 0 nitrogen and oxygen atoms in total. The maximum Gasteiger partial charge on any atom is -0.0209 e. The molecule has 0 amide bonds. The van der Waals surface area contributed by atoms with E-state index in [9.17, 15) is 0 Å². The van der Waals surface area contributed by atoms with Crippen LogP contribution >= 0.6 is 0 Å². The molecule has 0 saturated heterocycles. The van der Waals surface area contributed by atoms with E-state index in [1.54, 1.807) is 5.57 Å². The molecule has 0 heteroatoms. The highest BCUT2D eigenvalue weighted by Crippen LogP contribution is 2.21. The van der Waals surface area contributed by atoms with Crippen molar-refractivity contribution in [1.29, 1.82) is 0 Å². The molecule has 1 atom stereocenters. The van der Waals surface area contributed by atoms with Gasteiger partial charge in [0, 0.05) is 0 Å². The number of rotatable bonds is 6. The van der Waals surface area contributed by atoms with Gasteiger partial charge >= 0.3 is 0 Å². The van der Waals surface area contributed by atoms with Crippen molar-refractivity contribution in [2.45, 2.75) is 59.8 Å². The first kappa shape index (κ1) is 11.7. The number of allylic oxidation sites excluding steroid dienone is 2. The summed E-state index contributed by atoms with van der Waals surface area (Å²) in [5, 5.41) is 0. The van der Waals surface area contributed by atoms with Crippen molar-refractivity contribution < 1.29 is 0 Å². The minimum absolute atomic E-state index is 0.849. The van der Waals surface area contributed by atoms with Gasteiger partial charge < -0.3 is 0 Å². The summed E-state index contributed by atoms with van der Waals surface area (Å²) >= 11 is 0. The van der Waals surface area contributed by atoms with Crippen LogP contribution in [0.2, 0.25) is 0 Å². The molecule has 0 fully saturated rings. The van der Waals surface area contributed by atoms with Crippen molar-refractivity contribution in [3.8, 4) is 0 Å². The van der Waals surface area contributed by atoms with Crippen molar-refractivity contribution in [2.75, 3.05) is 0 Å². The normalized spacial score (nSPS) is 14.8. The average molecular weight is 168 g/mol. The summed E-state index contributed by atoms with van der Waals surface area (Å²) in [7, 11) is 0. The van der Waals surface area contributed by atoms with Gasteiger partial charge in [-0.3, -0.25) is 0 Å². The van der Waals surface area contributed by atoms with E-state index in [-0.39, 0.29) is 0 Å². The van der Waals surface area contributed by atoms with Crippen molar-refractivity contribution >= 4 is 0 Å². The Kier molecular flexibility index (Phi) is 7.23. The molecule has 0 aromatic heterocycles. The van der Waals surface area contributed by atoms with E-state index in [4.69, 9.17) is 0 Å². The molecule has 0 aromatic carbocycles. The fourth-order valence-corrected chi connectivity index (χ4v) is 1.63. The Balaban J connectivity index is 3.68. The zero-order valence-electron chi connectivity index (χ0n) is 9.19. The molecule has 0 saturated carbocycles. The summed E-state index contributed by atoms with van der Waals surface area (Å²) in [6.45, 7) is 8.98. The maximum atomic E-state index is 2.30. The summed E-state index contributed by atoms with van der Waals surface area (Å²) in [6, 6.07) is 0. The van der Waals surface area contributed by atoms with Gasteiger partial charge in [-0.2, -0.15) is 0 Å². The topological polar surface area (TPSA) is 0 Å². The molecule has 0 N–H and O–H groups in total. The standard InChI is InChI=1S/C12H24/c1-5-8-9-10-12(7-3)11(4)6-2/h6,12H,5,7-10H2,1-4H3/b11-6+. The van der Waals surface area contributed by atoms with Gasteiger partial charge in [-0.1, -0.05) is 44.8 Å². The number of hydrogen-bond acceptors (Lipinski definition) is 0. The highest BCUT2D eigenvalue weighted by molar-refractivity contribution is 5.01. The fraction of sp³-hybridized carbons (Fsp3) is 0.833. The van der Waals surface area contributed by atoms with Gasteiger partial charge in [0.15, 0.2) is 0 Å². The SMILES string of the molecule is C/C=C(\C)C(CC)CCCCC. The molecule has 12 heavy (non-hydrogen) atoms. The predicted octanol–water partition coefficient (Wildman–Crippen LogP) is 4.56. The lowest BCUT2D eigenvalue weighted by molar-refractivity contribution is 0.503. The first-order chi connectivity index (χ1) is 5.76. The van der Waals surface area contributed by atoms with Crippen LogP contribution in [0.5, 0.6) is 0 Å². The Hall–Kier alpha value is -0.260. The van der Waals surface area contributed by atoms with Gasteiger partial charge in [0.1, 0.15) is 0 Å². The van der Waals surface area contributed by atoms with Crippen LogP contribution in [0.1, 0.15) is 59.8 Å². The van der Waals surface area contributed by atoms with E-state index < -0.39 is 0 Å². The third-order valence-corrected chi connectivity index (χ3v) is 2.75. The molecule has 0 aliphatic heterocycles. The van der Waals surface area contributed by atoms with Gasteiger partial charge in [-0.15, -0.1) is 0 Å². The average Bonchev–Trinajstić information content (AvgIpc) is 2.11. The molecule has 0 radical (unpaired) electrons. The lowest BCUT2D eigenvalue weighted by atomic mass is 9.92. The van der Waals surface area contributed by atoms with E-state index in [2.05, 4.69) is 33.8 Å². The molecule has 1 unspecified atom stereocenters. The maximum absolute atomic E-state index is 2.30. The number of unbranched alkanes of at least 4 members (excludes halogenated alkanes) is 2. The smallest absolute Gasteiger partial charge is 0.0209 e. The van der Waals surface area contributed by atoms with Crippen molar-refractivity contribution in [3.05, 3.63) is 11.6 Å². The third kappa shape index (κ3) is 4.58. The van der Waals surface area contributed by atoms with Crippen molar-refractivity contribution in [1.82, 2.24) is 0 Å². The predicted molar refractivity (Wildman–Crippen MR) is 57.4 cm³/mol. The molecule has 72 valence electrons. The monoisotopic (exact) mass is 168 g/mol. The summed E-state index contributed by atoms with van der Waals surface area (Å²) in [6.07, 6.45) is 9.10. The molecule has 0 aliphatic rings. The zero-order valence-corrected chi connectivity index (χ0v) is 9.19. The van der Waals surface area contributed by atoms with Crippen LogP contribution in [0.25, 0.3) is 0 Å². The van der Waals surface area contributed by atoms with Crippen LogP contribution in [0.4, 0.5) is 0 Å². The van der Waals surface area contributed by atoms with Gasteiger partial charge in [-0.05, 0) is 32.6 Å². The Bertz CT molecular complexity index is 122. The molecule has 0 bridgehead atoms. The molecule has 0 spiro atoms. The first-order valence-corrected chi connectivity index (χ1v) is 5.39. The van der Waals surface area contributed by atoms with Gasteiger partial charge in [0.2, 0.25) is 0 Å². The number of hydrogen-bond donors (Lipinski definition) is 0. The van der Waals surface area contributed by atoms with E-state index in [0.717, 1.165) is 5.92 Å². The van der Waals surface area contributed by atoms with E-state index in [1.165, 1.54) is 32.1 Å². The van der Waals surface area contributed by atoms with Crippen LogP contribution in [-0.4, -0.2) is 0 Å². The minimum atomic E-state index is 0.849. The van der Waals surface area contributed by atoms with Gasteiger partial charge in [0.25, 0.3) is 0 Å². The molecule has 0 aromatic rings. The van der Waals surface area contributed by atoms with Gasteiger partial charge in [-0.25, -0.2) is 0 Å². The first-order valence-electron chi connectivity index (χ1n) is 5.39. The van der Waals surface area contributed by atoms with Crippen LogP contribution in [-0.2, 0) is 0 Å². The quantitative estimate of drug-likeness (QED) is 0.403. The Morgan fingerprint density at radius 3 is 2.33 bits per heavy atom. The van der Waals surface area contributed by atoms with Crippen LogP contribution < -0.4 is 0 Å². The molecule has 0 rings (SSSR count). The molecule has 0 heterocycles. The molecular weight excluding hydrogens is 144 g/mol. The Labute approximate surface area is 78.1 Å². The van der Waals surface area contributed by atoms with Gasteiger partial charge in [0.05, 0.1) is 0 Å². The largest absolute Gasteiger partial charge is 0.0885 e. The second-order valence-electron chi connectivity index (χ2n) is 3.63. The summed E-state index contributed by atoms with van der Waals surface area (Å²) in [5.74, 6) is 0.849. The third-order valence-electron chi connectivity index (χ3n) is 2.75. The van der Waals surface area contributed by atoms with Crippen molar-refractivity contribution in [3.63, 3.8) is 0 Å². The summed E-state index contributed by atoms with van der Waals surface area (Å²) in [5.41, 5.74) is 1.58. The Morgan fingerprint density at radius 2 is 1.92 bits per heavy atom. The van der Waals surface area contributed by atoms with E-state index >= 15 is 0 Å². The lowest BCUT2D eigenvalue weighted by Crippen LogP contribution is -2.00. The highest BCUT2D eigenvalue weighted by Gasteiger charge is 2.06. The lowest BCUT2D eigenvalue weighted by Gasteiger charge is -2.14. The van der Waals surface area contributed by atoms with Crippen LogP contribution in [0.3, 0.4) is 0 Å². The van der Waals surface area contributed by atoms with Crippen molar-refractivity contribution in [2.24, 2.45) is 5.92 Å². The van der Waals surface area contributed by atoms with E-state index in [0.29, 0.717) is 0 Å². The molecular formula is C12H24. The highest BCUT2D eigenvalue weighted by atomic mass is 14.1. The fourth-order valence-electron chi connectivity index (χ4n) is 1.63. The van der Waals surface area contributed by atoms with E-state index in [1.807, 2.05) is 0 Å². The molecule has 0 aliphatic carbocycles. The minimum Gasteiger partial charge on any atom is -0.0885 e. The van der Waals surface area contributed by atoms with Crippen LogP contribution in [0.15, 0.2) is 11.6 Å². The second kappa shape index (κ2) is 7.39. The zero-order chi connectivity index (χ0) is 9.40. The second-order valence-corrected chi connectivity index (χ2v) is 3.63. The Morgan fingerprint density at radius 1 is 1.25 bits per heavy atom. The summed E-state index contributed by atoms with van der Waals surface area (Å²) < 4.78 is 0. The van der Waals surface area contributed by atoms with Crippen LogP contribution in [0, 0.1) is 5.92 Å². The summed E-state index contributed by atoms with van der Waals surface area (Å²) in [4.78, 5) is 0.